The van der Waals surface area contributed by atoms with Gasteiger partial charge in [-0.3, -0.25) is 4.79 Å². The first-order valence-corrected chi connectivity index (χ1v) is 7.65. The van der Waals surface area contributed by atoms with Gasteiger partial charge in [-0.15, -0.1) is 0 Å². The van der Waals surface area contributed by atoms with Crippen LogP contribution in [-0.4, -0.2) is 53.5 Å². The minimum atomic E-state index is -0.677. The molecule has 0 aromatic carbocycles. The number of nitrogens with zero attached hydrogens (tertiary/aromatic N) is 2. The molecule has 0 unspecified atom stereocenters. The van der Waals surface area contributed by atoms with Gasteiger partial charge in [0, 0.05) is 32.2 Å². The van der Waals surface area contributed by atoms with E-state index in [-0.39, 0.29) is 5.91 Å². The topological polar surface area (TPSA) is 49.6 Å². The molecule has 112 valence electrons. The third-order valence-electron chi connectivity index (χ3n) is 4.79. The van der Waals surface area contributed by atoms with E-state index in [0.717, 1.165) is 25.9 Å². The molecule has 1 amide bonds. The maximum absolute atomic E-state index is 12.5. The van der Waals surface area contributed by atoms with Gasteiger partial charge >= 0.3 is 0 Å². The summed E-state index contributed by atoms with van der Waals surface area (Å²) < 4.78 is 0. The van der Waals surface area contributed by atoms with Crippen molar-refractivity contribution in [1.29, 1.82) is 0 Å². The number of hydrogen-bond donors (Lipinski definition) is 1. The lowest BCUT2D eigenvalue weighted by Crippen LogP contribution is -2.57. The summed E-state index contributed by atoms with van der Waals surface area (Å²) in [5.41, 5.74) is 5.54. The first-order valence-electron chi connectivity index (χ1n) is 7.65. The van der Waals surface area contributed by atoms with E-state index in [0.29, 0.717) is 24.9 Å². The molecule has 4 nitrogen and oxygen atoms in total. The second-order valence-corrected chi connectivity index (χ2v) is 6.14. The molecule has 1 aliphatic heterocycles. The van der Waals surface area contributed by atoms with Gasteiger partial charge in [0.1, 0.15) is 0 Å². The predicted octanol–water partition coefficient (Wildman–Crippen LogP) is 1.84. The Morgan fingerprint density at radius 2 is 1.79 bits per heavy atom. The number of amides is 1. The zero-order valence-electron chi connectivity index (χ0n) is 13.3. The van der Waals surface area contributed by atoms with Crippen LogP contribution in [0.4, 0.5) is 0 Å². The summed E-state index contributed by atoms with van der Waals surface area (Å²) in [4.78, 5) is 16.9. The Bertz CT molecular complexity index is 292. The minimum Gasteiger partial charge on any atom is -0.341 e. The zero-order chi connectivity index (χ0) is 14.6. The summed E-state index contributed by atoms with van der Waals surface area (Å²) in [5.74, 6) is 0.112. The summed E-state index contributed by atoms with van der Waals surface area (Å²) in [6.45, 7) is 10.6. The van der Waals surface area contributed by atoms with Gasteiger partial charge in [-0.2, -0.15) is 0 Å². The van der Waals surface area contributed by atoms with Crippen LogP contribution in [0.1, 0.15) is 53.4 Å². The fourth-order valence-electron chi connectivity index (χ4n) is 2.86. The SMILES string of the molecule is CCC(N)(CC)C(=O)N(C)C1CCN(C(C)C)CC1. The number of nitrogens with two attached hydrogens (primary N) is 1. The van der Waals surface area contributed by atoms with Crippen molar-refractivity contribution >= 4 is 5.91 Å². The second kappa shape index (κ2) is 6.71. The Morgan fingerprint density at radius 3 is 2.16 bits per heavy atom. The van der Waals surface area contributed by atoms with Crippen LogP contribution in [0, 0.1) is 0 Å². The third-order valence-corrected chi connectivity index (χ3v) is 4.79. The fourth-order valence-corrected chi connectivity index (χ4v) is 2.86. The van der Waals surface area contributed by atoms with Gasteiger partial charge in [-0.25, -0.2) is 0 Å². The standard InChI is InChI=1S/C15H31N3O/c1-6-15(16,7-2)14(19)17(5)13-8-10-18(11-9-13)12(3)4/h12-13H,6-11,16H2,1-5H3. The van der Waals surface area contributed by atoms with Crippen molar-refractivity contribution in [3.8, 4) is 0 Å². The van der Waals surface area contributed by atoms with Crippen molar-refractivity contribution in [3.63, 3.8) is 0 Å². The van der Waals surface area contributed by atoms with Crippen molar-refractivity contribution in [2.75, 3.05) is 20.1 Å². The molecule has 0 bridgehead atoms. The lowest BCUT2D eigenvalue weighted by molar-refractivity contribution is -0.139. The van der Waals surface area contributed by atoms with Crippen molar-refractivity contribution in [1.82, 2.24) is 9.80 Å². The van der Waals surface area contributed by atoms with E-state index < -0.39 is 5.54 Å². The fraction of sp³-hybridized carbons (Fsp3) is 0.933. The summed E-state index contributed by atoms with van der Waals surface area (Å²) >= 11 is 0. The van der Waals surface area contributed by atoms with E-state index in [9.17, 15) is 4.79 Å². The van der Waals surface area contributed by atoms with Gasteiger partial charge in [-0.1, -0.05) is 13.8 Å². The van der Waals surface area contributed by atoms with Crippen LogP contribution in [0.25, 0.3) is 0 Å². The average molecular weight is 269 g/mol. The number of likely N-dealkylation sites (N-methyl/N-ethyl adjacent to an activating group) is 1. The van der Waals surface area contributed by atoms with E-state index in [1.54, 1.807) is 0 Å². The third kappa shape index (κ3) is 3.69. The molecule has 0 saturated carbocycles. The molecule has 0 radical (unpaired) electrons. The second-order valence-electron chi connectivity index (χ2n) is 6.14. The highest BCUT2D eigenvalue weighted by molar-refractivity contribution is 5.86. The van der Waals surface area contributed by atoms with Crippen LogP contribution in [-0.2, 0) is 4.79 Å². The average Bonchev–Trinajstić information content (AvgIpc) is 2.44. The molecule has 0 aliphatic carbocycles. The quantitative estimate of drug-likeness (QED) is 0.828. The molecular formula is C15H31N3O. The smallest absolute Gasteiger partial charge is 0.242 e. The Hall–Kier alpha value is -0.610. The van der Waals surface area contributed by atoms with E-state index in [1.165, 1.54) is 0 Å². The van der Waals surface area contributed by atoms with Crippen molar-refractivity contribution < 1.29 is 4.79 Å². The monoisotopic (exact) mass is 269 g/mol. The molecule has 1 rings (SSSR count). The Labute approximate surface area is 118 Å². The molecule has 0 aromatic rings. The van der Waals surface area contributed by atoms with E-state index in [1.807, 2.05) is 25.8 Å². The first-order chi connectivity index (χ1) is 8.85. The lowest BCUT2D eigenvalue weighted by atomic mass is 9.91. The van der Waals surface area contributed by atoms with E-state index in [4.69, 9.17) is 5.73 Å². The molecule has 4 heteroatoms. The first kappa shape index (κ1) is 16.4. The van der Waals surface area contributed by atoms with Crippen LogP contribution in [0.3, 0.4) is 0 Å². The number of carbonyl (C=O) groups is 1. The van der Waals surface area contributed by atoms with Gasteiger partial charge in [0.2, 0.25) is 5.91 Å². The normalized spacial score (nSPS) is 18.9. The number of hydrogen-bond acceptors (Lipinski definition) is 3. The van der Waals surface area contributed by atoms with Crippen LogP contribution in [0.5, 0.6) is 0 Å². The largest absolute Gasteiger partial charge is 0.341 e. The summed E-state index contributed by atoms with van der Waals surface area (Å²) in [5, 5.41) is 0. The highest BCUT2D eigenvalue weighted by atomic mass is 16.2. The number of carbonyl (C=O) groups excluding carboxylic acids is 1. The lowest BCUT2D eigenvalue weighted by Gasteiger charge is -2.41. The molecule has 19 heavy (non-hydrogen) atoms. The minimum absolute atomic E-state index is 0.112. The summed E-state index contributed by atoms with van der Waals surface area (Å²) in [7, 11) is 1.92. The molecule has 2 N–H and O–H groups in total. The highest BCUT2D eigenvalue weighted by Gasteiger charge is 2.36. The van der Waals surface area contributed by atoms with Gasteiger partial charge in [-0.05, 0) is 39.5 Å². The molecule has 1 heterocycles. The van der Waals surface area contributed by atoms with E-state index >= 15 is 0 Å². The zero-order valence-corrected chi connectivity index (χ0v) is 13.3. The summed E-state index contributed by atoms with van der Waals surface area (Å²) in [6.07, 6.45) is 3.53. The van der Waals surface area contributed by atoms with Crippen LogP contribution in [0.15, 0.2) is 0 Å². The maximum Gasteiger partial charge on any atom is 0.242 e. The molecule has 0 atom stereocenters. The molecule has 1 fully saturated rings. The number of piperidine rings is 1. The molecular weight excluding hydrogens is 238 g/mol. The Balaban J connectivity index is 2.60. The van der Waals surface area contributed by atoms with Gasteiger partial charge in [0.15, 0.2) is 0 Å². The van der Waals surface area contributed by atoms with Crippen LogP contribution in [0.2, 0.25) is 0 Å². The van der Waals surface area contributed by atoms with Crippen molar-refractivity contribution in [2.24, 2.45) is 5.73 Å². The van der Waals surface area contributed by atoms with Crippen molar-refractivity contribution in [2.45, 2.75) is 71.0 Å². The predicted molar refractivity (Wildman–Crippen MR) is 80.0 cm³/mol. The van der Waals surface area contributed by atoms with Gasteiger partial charge in [0.05, 0.1) is 5.54 Å². The summed E-state index contributed by atoms with van der Waals surface area (Å²) in [6, 6.07) is 0.949. The van der Waals surface area contributed by atoms with Crippen LogP contribution < -0.4 is 5.73 Å². The Morgan fingerprint density at radius 1 is 1.32 bits per heavy atom. The molecule has 1 saturated heterocycles. The highest BCUT2D eigenvalue weighted by Crippen LogP contribution is 2.21. The van der Waals surface area contributed by atoms with Gasteiger partial charge in [0.25, 0.3) is 0 Å². The maximum atomic E-state index is 12.5. The molecule has 0 aromatic heterocycles. The molecule has 0 spiro atoms. The number of likely N-dealkylation sites (tertiary alicyclic amines) is 1. The molecule has 1 aliphatic rings. The Kier molecular flexibility index (Phi) is 5.81. The number of rotatable bonds is 5. The van der Waals surface area contributed by atoms with Crippen LogP contribution >= 0.6 is 0 Å². The van der Waals surface area contributed by atoms with Crippen molar-refractivity contribution in [3.05, 3.63) is 0 Å². The van der Waals surface area contributed by atoms with Gasteiger partial charge < -0.3 is 15.5 Å². The van der Waals surface area contributed by atoms with E-state index in [2.05, 4.69) is 18.7 Å².